The van der Waals surface area contributed by atoms with E-state index in [2.05, 4.69) is 29.9 Å². The van der Waals surface area contributed by atoms with Crippen LogP contribution in [0.4, 0.5) is 5.69 Å². The minimum Gasteiger partial charge on any atom is -0.453 e. The summed E-state index contributed by atoms with van der Waals surface area (Å²) in [6.45, 7) is 3.80. The molecule has 0 amide bonds. The van der Waals surface area contributed by atoms with Gasteiger partial charge in [0.05, 0.1) is 6.20 Å². The summed E-state index contributed by atoms with van der Waals surface area (Å²) in [6.07, 6.45) is 5.70. The van der Waals surface area contributed by atoms with Gasteiger partial charge in [0.15, 0.2) is 18.1 Å². The van der Waals surface area contributed by atoms with Gasteiger partial charge in [-0.15, -0.1) is 0 Å². The fourth-order valence-electron chi connectivity index (χ4n) is 3.07. The Morgan fingerprint density at radius 2 is 2.00 bits per heavy atom. The number of nitrogens with zero attached hydrogens (tertiary/aromatic N) is 3. The average Bonchev–Trinajstić information content (AvgIpc) is 2.82. The minimum absolute atomic E-state index is 0.0775. The molecule has 0 unspecified atom stereocenters. The second kappa shape index (κ2) is 6.47. The van der Waals surface area contributed by atoms with E-state index in [1.54, 1.807) is 6.08 Å². The van der Waals surface area contributed by atoms with Gasteiger partial charge in [0, 0.05) is 42.3 Å². The van der Waals surface area contributed by atoms with Crippen molar-refractivity contribution < 1.29 is 14.3 Å². The molecule has 0 saturated heterocycles. The Bertz CT molecular complexity index is 844. The van der Waals surface area contributed by atoms with Gasteiger partial charge >= 0.3 is 5.97 Å². The fraction of sp³-hybridized carbons (Fsp3) is 0.263. The van der Waals surface area contributed by atoms with Crippen LogP contribution in [0.5, 0.6) is 0 Å². The molecule has 2 heterocycles. The molecule has 0 spiro atoms. The van der Waals surface area contributed by atoms with Gasteiger partial charge < -0.3 is 9.64 Å². The predicted molar refractivity (Wildman–Crippen MR) is 93.3 cm³/mol. The van der Waals surface area contributed by atoms with Crippen molar-refractivity contribution in [3.8, 4) is 0 Å². The van der Waals surface area contributed by atoms with E-state index in [-0.39, 0.29) is 23.5 Å². The number of rotatable bonds is 4. The molecule has 0 atom stereocenters. The van der Waals surface area contributed by atoms with E-state index < -0.39 is 5.97 Å². The highest BCUT2D eigenvalue weighted by molar-refractivity contribution is 5.96. The summed E-state index contributed by atoms with van der Waals surface area (Å²) in [7, 11) is 1.93. The zero-order valence-electron chi connectivity index (χ0n) is 14.4. The Balaban J connectivity index is 1.73. The number of hydrogen-bond acceptors (Lipinski definition) is 6. The van der Waals surface area contributed by atoms with Gasteiger partial charge in [-0.2, -0.15) is 0 Å². The van der Waals surface area contributed by atoms with E-state index in [9.17, 15) is 9.59 Å². The highest BCUT2D eigenvalue weighted by Crippen LogP contribution is 2.46. The molecule has 0 bridgehead atoms. The number of benzene rings is 1. The number of allylic oxidation sites excluding steroid dienone is 1. The van der Waals surface area contributed by atoms with Crippen LogP contribution >= 0.6 is 0 Å². The molecule has 0 N–H and O–H groups in total. The molecule has 6 heteroatoms. The second-order valence-corrected chi connectivity index (χ2v) is 6.36. The van der Waals surface area contributed by atoms with Crippen molar-refractivity contribution >= 4 is 17.4 Å². The molecule has 3 rings (SSSR count). The SMILES string of the molecule is CN1/C(=C\C(=O)COC(=O)c2cnccn2)C(C)(C)c2ccccc21. The lowest BCUT2D eigenvalue weighted by Gasteiger charge is -2.23. The molecular weight excluding hydrogens is 318 g/mol. The first kappa shape index (κ1) is 16.8. The van der Waals surface area contributed by atoms with Crippen molar-refractivity contribution in [2.24, 2.45) is 0 Å². The molecule has 1 aliphatic rings. The number of ketones is 1. The number of para-hydroxylation sites is 1. The molecule has 1 aromatic carbocycles. The Morgan fingerprint density at radius 3 is 2.68 bits per heavy atom. The van der Waals surface area contributed by atoms with Gasteiger partial charge in [0.2, 0.25) is 0 Å². The number of carbonyl (C=O) groups is 2. The summed E-state index contributed by atoms with van der Waals surface area (Å²) in [5, 5.41) is 0. The third kappa shape index (κ3) is 3.15. The largest absolute Gasteiger partial charge is 0.453 e. The quantitative estimate of drug-likeness (QED) is 0.630. The topological polar surface area (TPSA) is 72.4 Å². The standard InChI is InChI=1S/C19H19N3O3/c1-19(2)14-6-4-5-7-16(14)22(3)17(19)10-13(23)12-25-18(24)15-11-20-8-9-21-15/h4-11H,12H2,1-3H3/b17-10-. The summed E-state index contributed by atoms with van der Waals surface area (Å²) < 4.78 is 5.03. The van der Waals surface area contributed by atoms with Crippen LogP contribution in [0.15, 0.2) is 54.6 Å². The zero-order valence-corrected chi connectivity index (χ0v) is 14.4. The van der Waals surface area contributed by atoms with Crippen LogP contribution in [0.3, 0.4) is 0 Å². The molecule has 25 heavy (non-hydrogen) atoms. The predicted octanol–water partition coefficient (Wildman–Crippen LogP) is 2.51. The van der Waals surface area contributed by atoms with Crippen LogP contribution in [0.1, 0.15) is 29.9 Å². The third-order valence-electron chi connectivity index (χ3n) is 4.36. The van der Waals surface area contributed by atoms with Gasteiger partial charge in [-0.3, -0.25) is 9.78 Å². The van der Waals surface area contributed by atoms with E-state index in [1.165, 1.54) is 18.6 Å². The first-order chi connectivity index (χ1) is 11.9. The lowest BCUT2D eigenvalue weighted by Crippen LogP contribution is -2.25. The van der Waals surface area contributed by atoms with Crippen LogP contribution in [-0.4, -0.2) is 35.4 Å². The van der Waals surface area contributed by atoms with Gasteiger partial charge in [-0.05, 0) is 11.6 Å². The van der Waals surface area contributed by atoms with Crippen molar-refractivity contribution in [3.05, 3.63) is 65.9 Å². The molecule has 2 aromatic rings. The zero-order chi connectivity index (χ0) is 18.0. The summed E-state index contributed by atoms with van der Waals surface area (Å²) in [5.41, 5.74) is 2.88. The number of ether oxygens (including phenoxy) is 1. The minimum atomic E-state index is -0.665. The summed E-state index contributed by atoms with van der Waals surface area (Å²) >= 11 is 0. The van der Waals surface area contributed by atoms with Crippen LogP contribution in [-0.2, 0) is 14.9 Å². The fourth-order valence-corrected chi connectivity index (χ4v) is 3.07. The molecule has 0 radical (unpaired) electrons. The maximum atomic E-state index is 12.3. The second-order valence-electron chi connectivity index (χ2n) is 6.36. The monoisotopic (exact) mass is 337 g/mol. The Kier molecular flexibility index (Phi) is 4.35. The Labute approximate surface area is 146 Å². The van der Waals surface area contributed by atoms with Gasteiger partial charge in [-0.25, -0.2) is 9.78 Å². The first-order valence-corrected chi connectivity index (χ1v) is 7.92. The van der Waals surface area contributed by atoms with Crippen LogP contribution in [0.2, 0.25) is 0 Å². The van der Waals surface area contributed by atoms with Crippen LogP contribution in [0.25, 0.3) is 0 Å². The number of likely N-dealkylation sites (N-methyl/N-ethyl adjacent to an activating group) is 1. The van der Waals surface area contributed by atoms with Gasteiger partial charge in [-0.1, -0.05) is 32.0 Å². The van der Waals surface area contributed by atoms with E-state index in [1.807, 2.05) is 30.1 Å². The van der Waals surface area contributed by atoms with Crippen molar-refractivity contribution in [1.29, 1.82) is 0 Å². The van der Waals surface area contributed by atoms with Crippen molar-refractivity contribution in [3.63, 3.8) is 0 Å². The number of anilines is 1. The molecule has 128 valence electrons. The number of esters is 1. The highest BCUT2D eigenvalue weighted by Gasteiger charge is 2.38. The van der Waals surface area contributed by atoms with Crippen LogP contribution in [0, 0.1) is 0 Å². The maximum absolute atomic E-state index is 12.3. The van der Waals surface area contributed by atoms with Crippen molar-refractivity contribution in [1.82, 2.24) is 9.97 Å². The molecular formula is C19H19N3O3. The van der Waals surface area contributed by atoms with Gasteiger partial charge in [0.25, 0.3) is 0 Å². The summed E-state index contributed by atoms with van der Waals surface area (Å²) in [5.74, 6) is -0.942. The lowest BCUT2D eigenvalue weighted by atomic mass is 9.83. The maximum Gasteiger partial charge on any atom is 0.358 e. The number of fused-ring (bicyclic) bond motifs is 1. The molecule has 0 saturated carbocycles. The van der Waals surface area contributed by atoms with E-state index >= 15 is 0 Å². The number of hydrogen-bond donors (Lipinski definition) is 0. The lowest BCUT2D eigenvalue weighted by molar-refractivity contribution is -0.117. The van der Waals surface area contributed by atoms with Crippen molar-refractivity contribution in [2.45, 2.75) is 19.3 Å². The number of carbonyl (C=O) groups excluding carboxylic acids is 2. The van der Waals surface area contributed by atoms with E-state index in [4.69, 9.17) is 4.74 Å². The van der Waals surface area contributed by atoms with Crippen molar-refractivity contribution in [2.75, 3.05) is 18.6 Å². The van der Waals surface area contributed by atoms with E-state index in [0.29, 0.717) is 0 Å². The first-order valence-electron chi connectivity index (χ1n) is 7.92. The molecule has 1 aliphatic heterocycles. The smallest absolute Gasteiger partial charge is 0.358 e. The van der Waals surface area contributed by atoms with Gasteiger partial charge in [0.1, 0.15) is 0 Å². The summed E-state index contributed by atoms with van der Waals surface area (Å²) in [4.78, 5) is 33.8. The third-order valence-corrected chi connectivity index (χ3v) is 4.36. The Morgan fingerprint density at radius 1 is 1.24 bits per heavy atom. The molecule has 0 aliphatic carbocycles. The molecule has 1 aromatic heterocycles. The van der Waals surface area contributed by atoms with E-state index in [0.717, 1.165) is 16.9 Å². The highest BCUT2D eigenvalue weighted by atomic mass is 16.5. The normalized spacial score (nSPS) is 16.6. The number of aromatic nitrogens is 2. The average molecular weight is 337 g/mol. The molecule has 6 nitrogen and oxygen atoms in total. The van der Waals surface area contributed by atoms with Crippen LogP contribution < -0.4 is 4.90 Å². The summed E-state index contributed by atoms with van der Waals surface area (Å²) in [6, 6.07) is 8.04. The molecule has 0 fully saturated rings. The Hall–Kier alpha value is -3.02.